The van der Waals surface area contributed by atoms with Crippen molar-refractivity contribution in [2.24, 2.45) is 5.92 Å². The first-order valence-corrected chi connectivity index (χ1v) is 8.25. The third-order valence-corrected chi connectivity index (χ3v) is 5.09. The highest BCUT2D eigenvalue weighted by atomic mass is 32.1. The summed E-state index contributed by atoms with van der Waals surface area (Å²) in [4.78, 5) is 12.4. The number of hydrogen-bond donors (Lipinski definition) is 3. The van der Waals surface area contributed by atoms with E-state index in [0.29, 0.717) is 28.7 Å². The van der Waals surface area contributed by atoms with Crippen LogP contribution in [0.4, 0.5) is 10.7 Å². The van der Waals surface area contributed by atoms with Gasteiger partial charge in [0, 0.05) is 12.6 Å². The zero-order valence-corrected chi connectivity index (χ0v) is 13.3. The third kappa shape index (κ3) is 3.48. The summed E-state index contributed by atoms with van der Waals surface area (Å²) in [6, 6.07) is 2.49. The van der Waals surface area contributed by atoms with Crippen molar-refractivity contribution in [1.29, 1.82) is 5.26 Å². The van der Waals surface area contributed by atoms with Gasteiger partial charge >= 0.3 is 0 Å². The predicted octanol–water partition coefficient (Wildman–Crippen LogP) is 2.94. The Labute approximate surface area is 129 Å². The van der Waals surface area contributed by atoms with E-state index in [4.69, 9.17) is 5.73 Å². The molecule has 0 atom stereocenters. The van der Waals surface area contributed by atoms with E-state index in [1.807, 2.05) is 6.92 Å². The van der Waals surface area contributed by atoms with Gasteiger partial charge in [-0.05, 0) is 38.5 Å². The average molecular weight is 306 g/mol. The third-order valence-electron chi connectivity index (χ3n) is 3.95. The van der Waals surface area contributed by atoms with Crippen LogP contribution in [0, 0.1) is 17.2 Å². The molecule has 0 spiro atoms. The molecule has 0 unspecified atom stereocenters. The molecule has 1 heterocycles. The topological polar surface area (TPSA) is 90.9 Å². The second-order valence-corrected chi connectivity index (χ2v) is 6.64. The maximum absolute atomic E-state index is 12.0. The van der Waals surface area contributed by atoms with Crippen LogP contribution in [-0.2, 0) is 0 Å². The lowest BCUT2D eigenvalue weighted by molar-refractivity contribution is 0.0960. The molecule has 0 aromatic carbocycles. The fraction of sp³-hybridized carbons (Fsp3) is 0.600. The van der Waals surface area contributed by atoms with E-state index in [-0.39, 0.29) is 5.91 Å². The Kier molecular flexibility index (Phi) is 5.07. The molecule has 0 radical (unpaired) electrons. The predicted molar refractivity (Wildman–Crippen MR) is 86.5 cm³/mol. The van der Waals surface area contributed by atoms with Crippen LogP contribution in [0.3, 0.4) is 0 Å². The van der Waals surface area contributed by atoms with E-state index in [0.717, 1.165) is 23.8 Å². The maximum atomic E-state index is 12.0. The first kappa shape index (κ1) is 15.6. The summed E-state index contributed by atoms with van der Waals surface area (Å²) in [6.45, 7) is 4.67. The minimum Gasteiger partial charge on any atom is -0.396 e. The van der Waals surface area contributed by atoms with E-state index >= 15 is 0 Å². The molecule has 4 N–H and O–H groups in total. The van der Waals surface area contributed by atoms with E-state index < -0.39 is 0 Å². The van der Waals surface area contributed by atoms with Gasteiger partial charge in [0.2, 0.25) is 0 Å². The number of anilines is 2. The second-order valence-electron chi connectivity index (χ2n) is 5.62. The van der Waals surface area contributed by atoms with Crippen molar-refractivity contribution in [3.63, 3.8) is 0 Å². The molecule has 1 aromatic rings. The number of nitrogens with one attached hydrogen (secondary N) is 2. The Morgan fingerprint density at radius 3 is 2.67 bits per heavy atom. The lowest BCUT2D eigenvalue weighted by Gasteiger charge is -2.27. The fourth-order valence-corrected chi connectivity index (χ4v) is 3.72. The fourth-order valence-electron chi connectivity index (χ4n) is 2.66. The van der Waals surface area contributed by atoms with Crippen molar-refractivity contribution in [3.8, 4) is 6.07 Å². The molecule has 1 aromatic heterocycles. The molecule has 0 saturated heterocycles. The summed E-state index contributed by atoms with van der Waals surface area (Å²) in [7, 11) is 0. The van der Waals surface area contributed by atoms with Crippen molar-refractivity contribution in [2.75, 3.05) is 17.6 Å². The van der Waals surface area contributed by atoms with Gasteiger partial charge in [0.1, 0.15) is 21.5 Å². The average Bonchev–Trinajstić information content (AvgIpc) is 2.78. The summed E-state index contributed by atoms with van der Waals surface area (Å²) in [5, 5.41) is 16.2. The SMILES string of the molecule is CCNC(=O)c1sc(NC2CCC(C)CC2)c(C#N)c1N. The first-order chi connectivity index (χ1) is 10.1. The first-order valence-electron chi connectivity index (χ1n) is 7.43. The summed E-state index contributed by atoms with van der Waals surface area (Å²) in [5.41, 5.74) is 6.65. The van der Waals surface area contributed by atoms with E-state index in [9.17, 15) is 10.1 Å². The van der Waals surface area contributed by atoms with Crippen molar-refractivity contribution >= 4 is 27.9 Å². The monoisotopic (exact) mass is 306 g/mol. The summed E-state index contributed by atoms with van der Waals surface area (Å²) >= 11 is 1.28. The number of nitrogens with zero attached hydrogens (tertiary/aromatic N) is 1. The number of thiophene rings is 1. The molecule has 1 amide bonds. The zero-order chi connectivity index (χ0) is 15.4. The van der Waals surface area contributed by atoms with Gasteiger partial charge in [0.15, 0.2) is 0 Å². The molecule has 1 aliphatic carbocycles. The molecule has 2 rings (SSSR count). The number of rotatable bonds is 4. The van der Waals surface area contributed by atoms with Gasteiger partial charge in [-0.25, -0.2) is 0 Å². The van der Waals surface area contributed by atoms with Crippen molar-refractivity contribution in [1.82, 2.24) is 5.32 Å². The highest BCUT2D eigenvalue weighted by Crippen LogP contribution is 2.37. The van der Waals surface area contributed by atoms with Crippen LogP contribution in [-0.4, -0.2) is 18.5 Å². The number of nitrogen functional groups attached to an aromatic ring is 1. The Bertz CT molecular complexity index is 553. The lowest BCUT2D eigenvalue weighted by Crippen LogP contribution is -2.25. The van der Waals surface area contributed by atoms with Gasteiger partial charge in [0.25, 0.3) is 5.91 Å². The largest absolute Gasteiger partial charge is 0.396 e. The van der Waals surface area contributed by atoms with E-state index in [2.05, 4.69) is 23.6 Å². The Balaban J connectivity index is 2.17. The van der Waals surface area contributed by atoms with Crippen LogP contribution in [0.15, 0.2) is 0 Å². The van der Waals surface area contributed by atoms with Gasteiger partial charge in [-0.2, -0.15) is 5.26 Å². The van der Waals surface area contributed by atoms with Crippen molar-refractivity contribution < 1.29 is 4.79 Å². The van der Waals surface area contributed by atoms with Crippen LogP contribution >= 0.6 is 11.3 Å². The lowest BCUT2D eigenvalue weighted by atomic mass is 9.87. The minimum atomic E-state index is -0.207. The number of hydrogen-bond acceptors (Lipinski definition) is 5. The molecule has 114 valence electrons. The molecule has 21 heavy (non-hydrogen) atoms. The van der Waals surface area contributed by atoms with Gasteiger partial charge in [0.05, 0.1) is 5.69 Å². The standard InChI is InChI=1S/C15H22N4OS/c1-3-18-14(20)13-12(17)11(8-16)15(21-13)19-10-6-4-9(2)5-7-10/h9-10,19H,3-7,17H2,1-2H3,(H,18,20). The molecule has 0 aliphatic heterocycles. The molecule has 1 saturated carbocycles. The van der Waals surface area contributed by atoms with Crippen LogP contribution in [0.5, 0.6) is 0 Å². The van der Waals surface area contributed by atoms with Gasteiger partial charge in [-0.1, -0.05) is 6.92 Å². The number of nitriles is 1. The molecule has 0 bridgehead atoms. The molecular weight excluding hydrogens is 284 g/mol. The number of carbonyl (C=O) groups excluding carboxylic acids is 1. The van der Waals surface area contributed by atoms with Crippen LogP contribution in [0.1, 0.15) is 54.8 Å². The van der Waals surface area contributed by atoms with Crippen molar-refractivity contribution in [3.05, 3.63) is 10.4 Å². The van der Waals surface area contributed by atoms with Gasteiger partial charge in [-0.3, -0.25) is 4.79 Å². The van der Waals surface area contributed by atoms with Gasteiger partial charge in [-0.15, -0.1) is 11.3 Å². The number of nitrogens with two attached hydrogens (primary N) is 1. The minimum absolute atomic E-state index is 0.207. The quantitative estimate of drug-likeness (QED) is 0.797. The summed E-state index contributed by atoms with van der Waals surface area (Å²) in [6.07, 6.45) is 4.59. The molecule has 1 aliphatic rings. The number of amides is 1. The molecule has 6 heteroatoms. The van der Waals surface area contributed by atoms with Crippen molar-refractivity contribution in [2.45, 2.75) is 45.6 Å². The summed E-state index contributed by atoms with van der Waals surface area (Å²) in [5.74, 6) is 0.569. The summed E-state index contributed by atoms with van der Waals surface area (Å²) < 4.78 is 0. The Morgan fingerprint density at radius 1 is 1.43 bits per heavy atom. The zero-order valence-electron chi connectivity index (χ0n) is 12.5. The Morgan fingerprint density at radius 2 is 2.10 bits per heavy atom. The Hall–Kier alpha value is -1.74. The highest BCUT2D eigenvalue weighted by molar-refractivity contribution is 7.18. The normalized spacial score (nSPS) is 21.6. The highest BCUT2D eigenvalue weighted by Gasteiger charge is 2.24. The number of carbonyl (C=O) groups is 1. The smallest absolute Gasteiger partial charge is 0.263 e. The second kappa shape index (κ2) is 6.81. The van der Waals surface area contributed by atoms with Crippen LogP contribution < -0.4 is 16.4 Å². The maximum Gasteiger partial charge on any atom is 0.263 e. The van der Waals surface area contributed by atoms with E-state index in [1.54, 1.807) is 0 Å². The molecular formula is C15H22N4OS. The molecule has 5 nitrogen and oxygen atoms in total. The van der Waals surface area contributed by atoms with Gasteiger partial charge < -0.3 is 16.4 Å². The van der Waals surface area contributed by atoms with Crippen LogP contribution in [0.25, 0.3) is 0 Å². The van der Waals surface area contributed by atoms with E-state index in [1.165, 1.54) is 24.2 Å². The molecule has 1 fully saturated rings. The van der Waals surface area contributed by atoms with Crippen LogP contribution in [0.2, 0.25) is 0 Å².